The normalized spacial score (nSPS) is 11.2. The van der Waals surface area contributed by atoms with Gasteiger partial charge in [0.05, 0.1) is 20.2 Å². The molecule has 0 unspecified atom stereocenters. The minimum atomic E-state index is -2.92. The number of para-hydroxylation sites is 1. The largest absolute Gasteiger partial charge is 0.493 e. The molecule has 28 heavy (non-hydrogen) atoms. The van der Waals surface area contributed by atoms with Crippen molar-refractivity contribution in [1.82, 2.24) is 10.6 Å². The molecule has 0 saturated carbocycles. The molecule has 2 aromatic rings. The smallest absolute Gasteiger partial charge is 0.387 e. The Morgan fingerprint density at radius 3 is 2.54 bits per heavy atom. The highest BCUT2D eigenvalue weighted by molar-refractivity contribution is 5.79. The number of methoxy groups -OCH3 is 1. The molecule has 0 heterocycles. The fourth-order valence-corrected chi connectivity index (χ4v) is 2.37. The van der Waals surface area contributed by atoms with E-state index in [0.29, 0.717) is 37.8 Å². The molecule has 2 N–H and O–H groups in total. The highest BCUT2D eigenvalue weighted by Gasteiger charge is 2.11. The van der Waals surface area contributed by atoms with Crippen LogP contribution >= 0.6 is 0 Å². The third-order valence-corrected chi connectivity index (χ3v) is 3.61. The van der Waals surface area contributed by atoms with Gasteiger partial charge in [0.1, 0.15) is 12.4 Å². The molecule has 152 valence electrons. The quantitative estimate of drug-likeness (QED) is 0.368. The van der Waals surface area contributed by atoms with Gasteiger partial charge in [0.15, 0.2) is 17.5 Å². The number of nitrogens with one attached hydrogen (secondary N) is 2. The molecule has 0 aliphatic heterocycles. The van der Waals surface area contributed by atoms with Crippen LogP contribution in [0.25, 0.3) is 0 Å². The maximum atomic E-state index is 12.5. The van der Waals surface area contributed by atoms with Crippen LogP contribution in [0.5, 0.6) is 17.2 Å². The summed E-state index contributed by atoms with van der Waals surface area (Å²) in [5, 5.41) is 6.30. The van der Waals surface area contributed by atoms with E-state index in [0.717, 1.165) is 5.75 Å². The first-order valence-electron chi connectivity index (χ1n) is 8.94. The van der Waals surface area contributed by atoms with Crippen LogP contribution in [-0.2, 0) is 6.54 Å². The van der Waals surface area contributed by atoms with Gasteiger partial charge in [0.2, 0.25) is 0 Å². The zero-order valence-electron chi connectivity index (χ0n) is 16.0. The van der Waals surface area contributed by atoms with Gasteiger partial charge < -0.3 is 24.8 Å². The lowest BCUT2D eigenvalue weighted by Gasteiger charge is -2.13. The van der Waals surface area contributed by atoms with E-state index in [-0.39, 0.29) is 11.5 Å². The Labute approximate surface area is 163 Å². The summed E-state index contributed by atoms with van der Waals surface area (Å²) in [6.45, 7) is 1.05. The molecular weight excluding hydrogens is 368 g/mol. The standard InChI is InChI=1S/C20H25F2N3O3/c1-3-23-20(24-11-12-27-16-7-5-4-6-8-16)25-14-15-9-10-17(26-2)18(13-15)28-19(21)22/h4-10,13,19H,3,11-12,14H2,1-2H3,(H2,23,24,25). The van der Waals surface area contributed by atoms with E-state index in [1.807, 2.05) is 37.3 Å². The molecule has 0 spiro atoms. The first kappa shape index (κ1) is 21.3. The molecule has 2 aromatic carbocycles. The van der Waals surface area contributed by atoms with Gasteiger partial charge in [-0.25, -0.2) is 4.99 Å². The second-order valence-corrected chi connectivity index (χ2v) is 5.65. The van der Waals surface area contributed by atoms with Crippen LogP contribution in [0.15, 0.2) is 53.5 Å². The maximum Gasteiger partial charge on any atom is 0.387 e. The Bertz CT molecular complexity index is 743. The van der Waals surface area contributed by atoms with E-state index in [9.17, 15) is 8.78 Å². The van der Waals surface area contributed by atoms with Crippen LogP contribution in [0.4, 0.5) is 8.78 Å². The number of guanidine groups is 1. The lowest BCUT2D eigenvalue weighted by Crippen LogP contribution is -2.39. The highest BCUT2D eigenvalue weighted by Crippen LogP contribution is 2.29. The minimum absolute atomic E-state index is 0.0144. The van der Waals surface area contributed by atoms with Crippen LogP contribution < -0.4 is 24.8 Å². The number of alkyl halides is 2. The average molecular weight is 393 g/mol. The lowest BCUT2D eigenvalue weighted by molar-refractivity contribution is -0.0512. The van der Waals surface area contributed by atoms with Gasteiger partial charge in [-0.2, -0.15) is 8.78 Å². The number of nitrogens with zero attached hydrogens (tertiary/aromatic N) is 1. The molecule has 6 nitrogen and oxygen atoms in total. The number of halogens is 2. The highest BCUT2D eigenvalue weighted by atomic mass is 19.3. The number of ether oxygens (including phenoxy) is 3. The van der Waals surface area contributed by atoms with E-state index in [1.165, 1.54) is 13.2 Å². The molecule has 0 aromatic heterocycles. The predicted molar refractivity (Wildman–Crippen MR) is 104 cm³/mol. The van der Waals surface area contributed by atoms with Crippen molar-refractivity contribution >= 4 is 5.96 Å². The molecule has 0 bridgehead atoms. The summed E-state index contributed by atoms with van der Waals surface area (Å²) >= 11 is 0. The van der Waals surface area contributed by atoms with Crippen LogP contribution in [0.2, 0.25) is 0 Å². The Hall–Kier alpha value is -3.03. The molecule has 0 saturated heterocycles. The topological polar surface area (TPSA) is 64.1 Å². The van der Waals surface area contributed by atoms with E-state index < -0.39 is 6.61 Å². The summed E-state index contributed by atoms with van der Waals surface area (Å²) in [5.74, 6) is 1.64. The molecule has 2 rings (SSSR count). The Morgan fingerprint density at radius 1 is 1.07 bits per heavy atom. The van der Waals surface area contributed by atoms with Gasteiger partial charge in [-0.15, -0.1) is 0 Å². The Morgan fingerprint density at radius 2 is 1.86 bits per heavy atom. The van der Waals surface area contributed by atoms with Gasteiger partial charge in [-0.05, 0) is 36.8 Å². The second kappa shape index (κ2) is 11.6. The van der Waals surface area contributed by atoms with E-state index in [1.54, 1.807) is 12.1 Å². The van der Waals surface area contributed by atoms with Crippen molar-refractivity contribution < 1.29 is 23.0 Å². The van der Waals surface area contributed by atoms with Crippen molar-refractivity contribution in [2.24, 2.45) is 4.99 Å². The van der Waals surface area contributed by atoms with Crippen LogP contribution in [0, 0.1) is 0 Å². The minimum Gasteiger partial charge on any atom is -0.493 e. The molecule has 0 amide bonds. The van der Waals surface area contributed by atoms with E-state index in [4.69, 9.17) is 9.47 Å². The van der Waals surface area contributed by atoms with Crippen molar-refractivity contribution in [3.8, 4) is 17.2 Å². The van der Waals surface area contributed by atoms with Crippen LogP contribution in [-0.4, -0.2) is 39.4 Å². The lowest BCUT2D eigenvalue weighted by atomic mass is 10.2. The first-order chi connectivity index (χ1) is 13.6. The molecular formula is C20H25F2N3O3. The first-order valence-corrected chi connectivity index (χ1v) is 8.94. The fraction of sp³-hybridized carbons (Fsp3) is 0.350. The van der Waals surface area contributed by atoms with Gasteiger partial charge in [-0.3, -0.25) is 0 Å². The summed E-state index contributed by atoms with van der Waals surface area (Å²) in [5.41, 5.74) is 0.717. The maximum absolute atomic E-state index is 12.5. The SMILES string of the molecule is CCNC(=NCc1ccc(OC)c(OC(F)F)c1)NCCOc1ccccc1. The molecule has 0 radical (unpaired) electrons. The average Bonchev–Trinajstić information content (AvgIpc) is 2.69. The number of benzene rings is 2. The third-order valence-electron chi connectivity index (χ3n) is 3.61. The Balaban J connectivity index is 1.92. The van der Waals surface area contributed by atoms with Crippen LogP contribution in [0.3, 0.4) is 0 Å². The number of aliphatic imine (C=N–C) groups is 1. The van der Waals surface area contributed by atoms with Gasteiger partial charge >= 0.3 is 6.61 Å². The molecule has 8 heteroatoms. The van der Waals surface area contributed by atoms with Crippen molar-refractivity contribution in [1.29, 1.82) is 0 Å². The third kappa shape index (κ3) is 7.30. The predicted octanol–water partition coefficient (Wildman–Crippen LogP) is 3.43. The van der Waals surface area contributed by atoms with E-state index in [2.05, 4.69) is 20.4 Å². The zero-order chi connectivity index (χ0) is 20.2. The molecule has 0 atom stereocenters. The molecule has 0 aliphatic rings. The number of hydrogen-bond acceptors (Lipinski definition) is 4. The molecule has 0 aliphatic carbocycles. The van der Waals surface area contributed by atoms with Crippen molar-refractivity contribution in [3.63, 3.8) is 0 Å². The fourth-order valence-electron chi connectivity index (χ4n) is 2.37. The van der Waals surface area contributed by atoms with Gasteiger partial charge in [-0.1, -0.05) is 24.3 Å². The second-order valence-electron chi connectivity index (χ2n) is 5.65. The number of rotatable bonds is 10. The van der Waals surface area contributed by atoms with Crippen molar-refractivity contribution in [2.45, 2.75) is 20.1 Å². The van der Waals surface area contributed by atoms with Crippen LogP contribution in [0.1, 0.15) is 12.5 Å². The molecule has 0 fully saturated rings. The monoisotopic (exact) mass is 393 g/mol. The summed E-state index contributed by atoms with van der Waals surface area (Å²) in [7, 11) is 1.40. The summed E-state index contributed by atoms with van der Waals surface area (Å²) < 4.78 is 40.2. The van der Waals surface area contributed by atoms with Crippen molar-refractivity contribution in [3.05, 3.63) is 54.1 Å². The zero-order valence-corrected chi connectivity index (χ0v) is 16.0. The summed E-state index contributed by atoms with van der Waals surface area (Å²) in [6.07, 6.45) is 0. The van der Waals surface area contributed by atoms with E-state index >= 15 is 0 Å². The number of hydrogen-bond donors (Lipinski definition) is 2. The Kier molecular flexibility index (Phi) is 8.84. The van der Waals surface area contributed by atoms with Gasteiger partial charge in [0.25, 0.3) is 0 Å². The van der Waals surface area contributed by atoms with Gasteiger partial charge in [0, 0.05) is 6.54 Å². The summed E-state index contributed by atoms with van der Waals surface area (Å²) in [6, 6.07) is 14.4. The summed E-state index contributed by atoms with van der Waals surface area (Å²) in [4.78, 5) is 4.46. The van der Waals surface area contributed by atoms with Crippen molar-refractivity contribution in [2.75, 3.05) is 26.8 Å².